The fourth-order valence-corrected chi connectivity index (χ4v) is 3.10. The molecule has 0 aliphatic carbocycles. The van der Waals surface area contributed by atoms with Crippen LogP contribution in [0.4, 0.5) is 22.7 Å². The molecule has 0 aliphatic rings. The van der Waals surface area contributed by atoms with E-state index in [0.29, 0.717) is 33.9 Å². The first-order chi connectivity index (χ1) is 17.1. The van der Waals surface area contributed by atoms with Gasteiger partial charge in [0.05, 0.1) is 0 Å². The summed E-state index contributed by atoms with van der Waals surface area (Å²) in [5.41, 5.74) is 3.00. The van der Waals surface area contributed by atoms with E-state index in [2.05, 4.69) is 21.3 Å². The molecule has 3 rings (SSSR count). The molecule has 0 saturated heterocycles. The van der Waals surface area contributed by atoms with Crippen molar-refractivity contribution in [2.24, 2.45) is 11.8 Å². The Labute approximate surface area is 210 Å². The Morgan fingerprint density at radius 1 is 0.500 bits per heavy atom. The van der Waals surface area contributed by atoms with E-state index in [1.807, 2.05) is 0 Å². The smallest absolute Gasteiger partial charge is 0.255 e. The second-order valence-corrected chi connectivity index (χ2v) is 8.94. The maximum absolute atomic E-state index is 12.7. The highest BCUT2D eigenvalue weighted by Crippen LogP contribution is 2.19. The Bertz CT molecular complexity index is 1170. The molecule has 3 aromatic rings. The second kappa shape index (κ2) is 11.8. The molecule has 0 saturated carbocycles. The van der Waals surface area contributed by atoms with Crippen molar-refractivity contribution in [3.63, 3.8) is 0 Å². The van der Waals surface area contributed by atoms with Gasteiger partial charge in [-0.3, -0.25) is 19.2 Å². The van der Waals surface area contributed by atoms with Crippen molar-refractivity contribution in [3.05, 3.63) is 83.9 Å². The van der Waals surface area contributed by atoms with Crippen molar-refractivity contribution >= 4 is 46.4 Å². The maximum atomic E-state index is 12.7. The van der Waals surface area contributed by atoms with Crippen LogP contribution < -0.4 is 21.3 Å². The van der Waals surface area contributed by atoms with Gasteiger partial charge in [-0.15, -0.1) is 0 Å². The molecule has 4 amide bonds. The first-order valence-corrected chi connectivity index (χ1v) is 11.7. The minimum Gasteiger partial charge on any atom is -0.326 e. The van der Waals surface area contributed by atoms with Crippen molar-refractivity contribution in [2.75, 3.05) is 21.3 Å². The molecule has 186 valence electrons. The third kappa shape index (κ3) is 7.27. The Balaban J connectivity index is 1.62. The summed E-state index contributed by atoms with van der Waals surface area (Å²) in [6.07, 6.45) is 0. The van der Waals surface area contributed by atoms with Gasteiger partial charge in [0.25, 0.3) is 11.8 Å². The van der Waals surface area contributed by atoms with Crippen molar-refractivity contribution in [1.82, 2.24) is 0 Å². The maximum Gasteiger partial charge on any atom is 0.255 e. The van der Waals surface area contributed by atoms with Crippen LogP contribution in [0, 0.1) is 11.8 Å². The van der Waals surface area contributed by atoms with Crippen molar-refractivity contribution in [3.8, 4) is 0 Å². The van der Waals surface area contributed by atoms with E-state index in [0.717, 1.165) is 0 Å². The fourth-order valence-electron chi connectivity index (χ4n) is 3.10. The van der Waals surface area contributed by atoms with Crippen molar-refractivity contribution in [2.45, 2.75) is 27.7 Å². The Kier molecular flexibility index (Phi) is 8.57. The molecule has 0 aliphatic heterocycles. The van der Waals surface area contributed by atoms with Crippen LogP contribution in [0.1, 0.15) is 48.4 Å². The number of carbonyl (C=O) groups excluding carboxylic acids is 4. The van der Waals surface area contributed by atoms with E-state index in [1.165, 1.54) is 0 Å². The minimum atomic E-state index is -0.345. The van der Waals surface area contributed by atoms with E-state index in [9.17, 15) is 19.2 Å². The molecule has 0 bridgehead atoms. The van der Waals surface area contributed by atoms with Gasteiger partial charge >= 0.3 is 0 Å². The van der Waals surface area contributed by atoms with Crippen LogP contribution in [0.5, 0.6) is 0 Å². The molecule has 4 N–H and O–H groups in total. The number of benzene rings is 3. The predicted octanol–water partition coefficient (Wildman–Crippen LogP) is 5.38. The molecular formula is C28H30N4O4. The normalized spacial score (nSPS) is 10.6. The zero-order chi connectivity index (χ0) is 26.2. The van der Waals surface area contributed by atoms with Crippen LogP contribution in [0.25, 0.3) is 0 Å². The molecule has 0 spiro atoms. The third-order valence-electron chi connectivity index (χ3n) is 5.23. The molecule has 0 radical (unpaired) electrons. The largest absolute Gasteiger partial charge is 0.326 e. The third-order valence-corrected chi connectivity index (χ3v) is 5.23. The Hall–Kier alpha value is -4.46. The van der Waals surface area contributed by atoms with Crippen molar-refractivity contribution in [1.29, 1.82) is 0 Å². The standard InChI is InChI=1S/C28H30N4O4/c1-17(2)25(33)29-21-7-5-9-23(15-21)31-27(35)19-11-13-20(14-12-19)28(36)32-24-10-6-8-22(16-24)30-26(34)18(3)4/h5-18H,1-4H3,(H,29,33)(H,30,34)(H,31,35)(H,32,36). The summed E-state index contributed by atoms with van der Waals surface area (Å²) in [5.74, 6) is -1.23. The second-order valence-electron chi connectivity index (χ2n) is 8.94. The quantitative estimate of drug-likeness (QED) is 0.342. The number of hydrogen-bond acceptors (Lipinski definition) is 4. The summed E-state index contributed by atoms with van der Waals surface area (Å²) >= 11 is 0. The number of hydrogen-bond donors (Lipinski definition) is 4. The Morgan fingerprint density at radius 3 is 1.11 bits per heavy atom. The lowest BCUT2D eigenvalue weighted by molar-refractivity contribution is -0.119. The van der Waals surface area contributed by atoms with E-state index in [4.69, 9.17) is 0 Å². The van der Waals surface area contributed by atoms with Gasteiger partial charge in [-0.25, -0.2) is 0 Å². The zero-order valence-electron chi connectivity index (χ0n) is 20.7. The van der Waals surface area contributed by atoms with Gasteiger partial charge < -0.3 is 21.3 Å². The lowest BCUT2D eigenvalue weighted by atomic mass is 10.1. The van der Waals surface area contributed by atoms with Gasteiger partial charge in [0.15, 0.2) is 0 Å². The van der Waals surface area contributed by atoms with Gasteiger partial charge in [0, 0.05) is 45.7 Å². The van der Waals surface area contributed by atoms with E-state index in [1.54, 1.807) is 100 Å². The molecule has 0 atom stereocenters. The monoisotopic (exact) mass is 486 g/mol. The summed E-state index contributed by atoms with van der Waals surface area (Å²) in [5, 5.41) is 11.2. The van der Waals surface area contributed by atoms with E-state index >= 15 is 0 Å². The van der Waals surface area contributed by atoms with Crippen LogP contribution in [-0.2, 0) is 9.59 Å². The molecule has 0 heterocycles. The topological polar surface area (TPSA) is 116 Å². The molecule has 8 nitrogen and oxygen atoms in total. The SMILES string of the molecule is CC(C)C(=O)Nc1cccc(NC(=O)c2ccc(C(=O)Nc3cccc(NC(=O)C(C)C)c3)cc2)c1. The lowest BCUT2D eigenvalue weighted by Gasteiger charge is -2.11. The van der Waals surface area contributed by atoms with Crippen molar-refractivity contribution < 1.29 is 19.2 Å². The fraction of sp³-hybridized carbons (Fsp3) is 0.214. The molecule has 3 aromatic carbocycles. The molecule has 0 fully saturated rings. The lowest BCUT2D eigenvalue weighted by Crippen LogP contribution is -2.18. The first kappa shape index (κ1) is 26.2. The summed E-state index contributed by atoms with van der Waals surface area (Å²) in [6, 6.07) is 20.0. The first-order valence-electron chi connectivity index (χ1n) is 11.7. The summed E-state index contributed by atoms with van der Waals surface area (Å²) < 4.78 is 0. The van der Waals surface area contributed by atoms with Crippen LogP contribution in [0.15, 0.2) is 72.8 Å². The summed E-state index contributed by atoms with van der Waals surface area (Å²) in [6.45, 7) is 7.20. The van der Waals surface area contributed by atoms with Gasteiger partial charge in [0.1, 0.15) is 0 Å². The number of nitrogens with one attached hydrogen (secondary N) is 4. The minimum absolute atomic E-state index is 0.112. The van der Waals surface area contributed by atoms with Crippen LogP contribution in [0.3, 0.4) is 0 Å². The highest BCUT2D eigenvalue weighted by Gasteiger charge is 2.12. The zero-order valence-corrected chi connectivity index (χ0v) is 20.7. The average molecular weight is 487 g/mol. The van der Waals surface area contributed by atoms with Crippen LogP contribution in [-0.4, -0.2) is 23.6 Å². The van der Waals surface area contributed by atoms with Gasteiger partial charge in [-0.1, -0.05) is 39.8 Å². The summed E-state index contributed by atoms with van der Waals surface area (Å²) in [7, 11) is 0. The number of rotatable bonds is 8. The van der Waals surface area contributed by atoms with Crippen LogP contribution >= 0.6 is 0 Å². The van der Waals surface area contributed by atoms with E-state index < -0.39 is 0 Å². The predicted molar refractivity (Wildman–Crippen MR) is 142 cm³/mol. The van der Waals surface area contributed by atoms with Gasteiger partial charge in [0.2, 0.25) is 11.8 Å². The number of amides is 4. The Morgan fingerprint density at radius 2 is 0.806 bits per heavy atom. The molecule has 0 aromatic heterocycles. The summed E-state index contributed by atoms with van der Waals surface area (Å²) in [4.78, 5) is 49.1. The number of anilines is 4. The number of carbonyl (C=O) groups is 4. The van der Waals surface area contributed by atoms with E-state index in [-0.39, 0.29) is 35.5 Å². The van der Waals surface area contributed by atoms with Gasteiger partial charge in [-0.05, 0) is 60.7 Å². The van der Waals surface area contributed by atoms with Gasteiger partial charge in [-0.2, -0.15) is 0 Å². The van der Waals surface area contributed by atoms with Crippen LogP contribution in [0.2, 0.25) is 0 Å². The average Bonchev–Trinajstić information content (AvgIpc) is 2.84. The highest BCUT2D eigenvalue weighted by molar-refractivity contribution is 6.07. The molecule has 36 heavy (non-hydrogen) atoms. The highest BCUT2D eigenvalue weighted by atomic mass is 16.2. The molecule has 0 unspecified atom stereocenters. The molecular weight excluding hydrogens is 456 g/mol. The molecule has 8 heteroatoms.